The summed E-state index contributed by atoms with van der Waals surface area (Å²) in [6.07, 6.45) is 2.75. The summed E-state index contributed by atoms with van der Waals surface area (Å²) in [5.74, 6) is -1.12. The molecule has 26 heavy (non-hydrogen) atoms. The number of aryl methyl sites for hydroxylation is 1. The maximum absolute atomic E-state index is 14.3. The monoisotopic (exact) mass is 360 g/mol. The average molecular weight is 360 g/mol. The van der Waals surface area contributed by atoms with E-state index < -0.39 is 18.7 Å². The molecule has 0 saturated carbocycles. The second-order valence-electron chi connectivity index (χ2n) is 5.15. The SMILES string of the molecule is [2H]C([2H])([2H])NC(=O)c1nnccc1Nc1cc(F)cc(-c2ncn(C)n2)c1OC. The van der Waals surface area contributed by atoms with E-state index in [9.17, 15) is 9.18 Å². The molecule has 0 atom stereocenters. The summed E-state index contributed by atoms with van der Waals surface area (Å²) < 4.78 is 42.6. The van der Waals surface area contributed by atoms with Crippen molar-refractivity contribution in [2.45, 2.75) is 0 Å². The Morgan fingerprint density at radius 3 is 2.92 bits per heavy atom. The molecule has 0 bridgehead atoms. The molecule has 10 heteroatoms. The predicted octanol–water partition coefficient (Wildman–Crippen LogP) is 1.52. The number of anilines is 2. The lowest BCUT2D eigenvalue weighted by Gasteiger charge is -2.15. The van der Waals surface area contributed by atoms with Crippen LogP contribution in [0.25, 0.3) is 11.4 Å². The quantitative estimate of drug-likeness (QED) is 0.710. The summed E-state index contributed by atoms with van der Waals surface area (Å²) in [6.45, 7) is -2.71. The largest absolute Gasteiger partial charge is 0.494 e. The van der Waals surface area contributed by atoms with Crippen LogP contribution in [-0.2, 0) is 7.05 Å². The zero-order valence-corrected chi connectivity index (χ0v) is 13.8. The van der Waals surface area contributed by atoms with E-state index in [1.165, 1.54) is 36.4 Å². The summed E-state index contributed by atoms with van der Waals surface area (Å²) in [5, 5.41) is 16.1. The molecule has 2 N–H and O–H groups in total. The first-order valence-corrected chi connectivity index (χ1v) is 7.32. The van der Waals surface area contributed by atoms with E-state index in [0.717, 1.165) is 6.07 Å². The van der Waals surface area contributed by atoms with Crippen LogP contribution < -0.4 is 15.4 Å². The van der Waals surface area contributed by atoms with E-state index >= 15 is 0 Å². The van der Waals surface area contributed by atoms with E-state index in [1.54, 1.807) is 7.05 Å². The number of halogens is 1. The van der Waals surface area contributed by atoms with Gasteiger partial charge in [0.2, 0.25) is 0 Å². The molecule has 1 aromatic carbocycles. The van der Waals surface area contributed by atoms with Crippen LogP contribution in [0, 0.1) is 5.82 Å². The number of hydrogen-bond acceptors (Lipinski definition) is 7. The van der Waals surface area contributed by atoms with Gasteiger partial charge in [0, 0.05) is 24.2 Å². The van der Waals surface area contributed by atoms with Crippen molar-refractivity contribution < 1.29 is 18.0 Å². The lowest BCUT2D eigenvalue weighted by molar-refractivity contribution is 0.0958. The highest BCUT2D eigenvalue weighted by Gasteiger charge is 2.19. The molecular weight excluding hydrogens is 341 g/mol. The van der Waals surface area contributed by atoms with Crippen LogP contribution in [0.15, 0.2) is 30.7 Å². The highest BCUT2D eigenvalue weighted by atomic mass is 19.1. The van der Waals surface area contributed by atoms with Gasteiger partial charge in [-0.2, -0.15) is 10.2 Å². The first kappa shape index (κ1) is 13.7. The van der Waals surface area contributed by atoms with Gasteiger partial charge in [0.05, 0.1) is 30.2 Å². The molecule has 9 nitrogen and oxygen atoms in total. The third-order valence-electron chi connectivity index (χ3n) is 3.42. The van der Waals surface area contributed by atoms with Gasteiger partial charge in [-0.15, -0.1) is 5.10 Å². The fraction of sp³-hybridized carbons (Fsp3) is 0.188. The van der Waals surface area contributed by atoms with Gasteiger partial charge in [0.1, 0.15) is 12.1 Å². The Kier molecular flexibility index (Phi) is 3.76. The minimum atomic E-state index is -2.71. The summed E-state index contributed by atoms with van der Waals surface area (Å²) in [7, 11) is 3.05. The summed E-state index contributed by atoms with van der Waals surface area (Å²) >= 11 is 0. The highest BCUT2D eigenvalue weighted by Crippen LogP contribution is 2.37. The third-order valence-corrected chi connectivity index (χ3v) is 3.42. The smallest absolute Gasteiger partial charge is 0.273 e. The Labute approximate surface area is 152 Å². The minimum absolute atomic E-state index is 0.102. The molecule has 0 aliphatic carbocycles. The Balaban J connectivity index is 2.03. The maximum atomic E-state index is 14.3. The topological polar surface area (TPSA) is 107 Å². The van der Waals surface area contributed by atoms with Gasteiger partial charge in [0.25, 0.3) is 5.91 Å². The van der Waals surface area contributed by atoms with Crippen LogP contribution >= 0.6 is 0 Å². The lowest BCUT2D eigenvalue weighted by atomic mass is 10.1. The molecule has 0 spiro atoms. The lowest BCUT2D eigenvalue weighted by Crippen LogP contribution is -2.21. The molecule has 1 amide bonds. The van der Waals surface area contributed by atoms with Crippen LogP contribution in [0.4, 0.5) is 15.8 Å². The van der Waals surface area contributed by atoms with E-state index in [-0.39, 0.29) is 34.2 Å². The van der Waals surface area contributed by atoms with Crippen LogP contribution in [0.1, 0.15) is 14.6 Å². The van der Waals surface area contributed by atoms with Crippen molar-refractivity contribution in [3.05, 3.63) is 42.2 Å². The number of ether oxygens (including phenoxy) is 1. The molecule has 0 fully saturated rings. The Morgan fingerprint density at radius 1 is 1.38 bits per heavy atom. The fourth-order valence-electron chi connectivity index (χ4n) is 2.34. The van der Waals surface area contributed by atoms with Crippen molar-refractivity contribution in [1.29, 1.82) is 0 Å². The maximum Gasteiger partial charge on any atom is 0.273 e. The van der Waals surface area contributed by atoms with Crippen molar-refractivity contribution in [1.82, 2.24) is 30.3 Å². The minimum Gasteiger partial charge on any atom is -0.494 e. The summed E-state index contributed by atoms with van der Waals surface area (Å²) in [4.78, 5) is 16.3. The molecule has 134 valence electrons. The zero-order valence-electron chi connectivity index (χ0n) is 16.8. The van der Waals surface area contributed by atoms with Gasteiger partial charge >= 0.3 is 0 Å². The first-order chi connectivity index (χ1) is 13.7. The molecule has 0 radical (unpaired) electrons. The number of hydrogen-bond donors (Lipinski definition) is 2. The number of aromatic nitrogens is 5. The van der Waals surface area contributed by atoms with Crippen LogP contribution in [0.5, 0.6) is 5.75 Å². The molecule has 2 heterocycles. The average Bonchev–Trinajstić information content (AvgIpc) is 3.06. The van der Waals surface area contributed by atoms with Gasteiger partial charge in [-0.25, -0.2) is 9.37 Å². The number of rotatable bonds is 5. The number of carbonyl (C=O) groups excluding carboxylic acids is 1. The number of nitrogens with one attached hydrogen (secondary N) is 2. The normalized spacial score (nSPS) is 12.7. The van der Waals surface area contributed by atoms with Gasteiger partial charge in [-0.3, -0.25) is 9.48 Å². The zero-order chi connectivity index (χ0) is 21.2. The van der Waals surface area contributed by atoms with Gasteiger partial charge in [-0.1, -0.05) is 0 Å². The van der Waals surface area contributed by atoms with E-state index in [4.69, 9.17) is 8.85 Å². The van der Waals surface area contributed by atoms with E-state index in [1.807, 2.05) is 5.32 Å². The molecule has 0 aliphatic heterocycles. The standard InChI is InChI=1S/C16H16FN7O2/c1-18-16(25)13-11(4-5-20-22-13)21-12-7-9(17)6-10(14(12)26-3)15-19-8-24(2)23-15/h4-8H,1-3H3,(H,18,25)(H,20,21)/i1D3. The fourth-order valence-corrected chi connectivity index (χ4v) is 2.34. The molecule has 0 unspecified atom stereocenters. The van der Waals surface area contributed by atoms with Crippen molar-refractivity contribution in [3.8, 4) is 17.1 Å². The molecule has 3 aromatic rings. The first-order valence-electron chi connectivity index (χ1n) is 8.82. The number of methoxy groups -OCH3 is 1. The van der Waals surface area contributed by atoms with Crippen molar-refractivity contribution in [2.75, 3.05) is 19.4 Å². The second-order valence-corrected chi connectivity index (χ2v) is 5.15. The Morgan fingerprint density at radius 2 is 2.23 bits per heavy atom. The molecule has 0 saturated heterocycles. The van der Waals surface area contributed by atoms with Crippen molar-refractivity contribution >= 4 is 17.3 Å². The summed E-state index contributed by atoms with van der Waals surface area (Å²) in [6, 6.07) is 3.76. The van der Waals surface area contributed by atoms with Gasteiger partial charge < -0.3 is 15.4 Å². The Bertz CT molecular complexity index is 1060. The number of benzene rings is 1. The van der Waals surface area contributed by atoms with E-state index in [2.05, 4.69) is 25.6 Å². The van der Waals surface area contributed by atoms with Crippen molar-refractivity contribution in [3.63, 3.8) is 0 Å². The predicted molar refractivity (Wildman–Crippen MR) is 91.7 cm³/mol. The molecular formula is C16H16FN7O2. The molecule has 3 rings (SSSR count). The van der Waals surface area contributed by atoms with Crippen LogP contribution in [0.3, 0.4) is 0 Å². The number of carbonyl (C=O) groups is 1. The van der Waals surface area contributed by atoms with E-state index in [0.29, 0.717) is 0 Å². The highest BCUT2D eigenvalue weighted by molar-refractivity contribution is 5.98. The number of amides is 1. The second kappa shape index (κ2) is 7.13. The van der Waals surface area contributed by atoms with Crippen molar-refractivity contribution in [2.24, 2.45) is 7.05 Å². The van der Waals surface area contributed by atoms with Crippen LogP contribution in [-0.4, -0.2) is 45.0 Å². The number of nitrogens with zero attached hydrogens (tertiary/aromatic N) is 5. The van der Waals surface area contributed by atoms with Gasteiger partial charge in [-0.05, 0) is 12.1 Å². The molecule has 2 aromatic heterocycles. The summed E-state index contributed by atoms with van der Waals surface area (Å²) in [5.41, 5.74) is 0.259. The Hall–Kier alpha value is -3.56. The molecule has 0 aliphatic rings. The van der Waals surface area contributed by atoms with Gasteiger partial charge in [0.15, 0.2) is 17.3 Å². The third kappa shape index (κ3) is 3.29. The van der Waals surface area contributed by atoms with Crippen LogP contribution in [0.2, 0.25) is 0 Å².